The van der Waals surface area contributed by atoms with E-state index in [1.165, 1.54) is 0 Å². The van der Waals surface area contributed by atoms with E-state index in [-0.39, 0.29) is 23.9 Å². The first-order valence-corrected chi connectivity index (χ1v) is 13.8. The largest absolute Gasteiger partial charge is 0.449 e. The van der Waals surface area contributed by atoms with Crippen LogP contribution >= 0.6 is 0 Å². The highest BCUT2D eigenvalue weighted by molar-refractivity contribution is 7.89. The van der Waals surface area contributed by atoms with Crippen molar-refractivity contribution in [3.05, 3.63) is 24.3 Å². The molecule has 0 heterocycles. The molecule has 0 bridgehead atoms. The first-order chi connectivity index (χ1) is 15.4. The summed E-state index contributed by atoms with van der Waals surface area (Å²) in [5.41, 5.74) is -0.237. The first-order valence-electron chi connectivity index (χ1n) is 11.9. The number of amides is 1. The number of hydrogen-bond acceptors (Lipinski definition) is 7. The summed E-state index contributed by atoms with van der Waals surface area (Å²) in [6.07, 6.45) is 11.8. The fourth-order valence-corrected chi connectivity index (χ4v) is 4.42. The zero-order chi connectivity index (χ0) is 25.1. The zero-order valence-electron chi connectivity index (χ0n) is 20.4. The van der Waals surface area contributed by atoms with Gasteiger partial charge in [0.2, 0.25) is 10.0 Å². The molecule has 1 aliphatic carbocycles. The number of nitrogens with one attached hydrogen (secondary N) is 1. The van der Waals surface area contributed by atoms with Crippen molar-refractivity contribution in [2.75, 3.05) is 12.9 Å². The minimum atomic E-state index is -3.61. The van der Waals surface area contributed by atoms with Crippen molar-refractivity contribution in [3.8, 4) is 0 Å². The number of rotatable bonds is 14. The van der Waals surface area contributed by atoms with Crippen LogP contribution in [0.25, 0.3) is 0 Å². The number of carbonyl (C=O) groups excluding carboxylic acids is 1. The number of ether oxygens (including phenoxy) is 1. The highest BCUT2D eigenvalue weighted by Gasteiger charge is 2.39. The van der Waals surface area contributed by atoms with E-state index in [0.29, 0.717) is 19.3 Å². The van der Waals surface area contributed by atoms with Gasteiger partial charge >= 0.3 is 6.09 Å². The van der Waals surface area contributed by atoms with Gasteiger partial charge in [0.1, 0.15) is 0 Å². The Labute approximate surface area is 199 Å². The number of sulfonamides is 1. The Morgan fingerprint density at radius 1 is 1.18 bits per heavy atom. The van der Waals surface area contributed by atoms with Gasteiger partial charge in [0.25, 0.3) is 0 Å². The van der Waals surface area contributed by atoms with Crippen LogP contribution < -0.4 is 4.72 Å². The molecular weight excluding hydrogens is 446 g/mol. The third-order valence-electron chi connectivity index (χ3n) is 6.25. The quantitative estimate of drug-likeness (QED) is 0.217. The molecule has 0 radical (unpaired) electrons. The van der Waals surface area contributed by atoms with Crippen LogP contribution in [-0.4, -0.2) is 61.0 Å². The Morgan fingerprint density at radius 2 is 1.88 bits per heavy atom. The lowest BCUT2D eigenvalue weighted by molar-refractivity contribution is 0.0796. The Morgan fingerprint density at radius 3 is 2.52 bits per heavy atom. The molecule has 33 heavy (non-hydrogen) atoms. The number of aliphatic hydroxyl groups is 3. The van der Waals surface area contributed by atoms with Crippen molar-refractivity contribution < 1.29 is 33.3 Å². The van der Waals surface area contributed by atoms with Crippen molar-refractivity contribution in [2.45, 2.75) is 90.4 Å². The number of aliphatic hydroxyl groups excluding tert-OH is 3. The lowest BCUT2D eigenvalue weighted by Crippen LogP contribution is -2.30. The summed E-state index contributed by atoms with van der Waals surface area (Å²) in [6.45, 7) is 6.34. The summed E-state index contributed by atoms with van der Waals surface area (Å²) < 4.78 is 28.4. The van der Waals surface area contributed by atoms with Crippen molar-refractivity contribution in [2.24, 2.45) is 17.3 Å². The molecule has 1 aliphatic rings. The van der Waals surface area contributed by atoms with Gasteiger partial charge in [-0.05, 0) is 43.4 Å². The maximum absolute atomic E-state index is 11.2. The number of unbranched alkanes of at least 4 members (excludes halogenated alkanes) is 3. The molecule has 0 aliphatic heterocycles. The van der Waals surface area contributed by atoms with E-state index >= 15 is 0 Å². The zero-order valence-corrected chi connectivity index (χ0v) is 21.3. The minimum absolute atomic E-state index is 0.110. The monoisotopic (exact) mass is 489 g/mol. The average molecular weight is 490 g/mol. The van der Waals surface area contributed by atoms with E-state index in [1.807, 2.05) is 32.1 Å². The van der Waals surface area contributed by atoms with Crippen LogP contribution in [0.4, 0.5) is 4.79 Å². The molecule has 5 atom stereocenters. The molecule has 8 nitrogen and oxygen atoms in total. The van der Waals surface area contributed by atoms with Gasteiger partial charge in [-0.2, -0.15) is 0 Å². The van der Waals surface area contributed by atoms with E-state index in [1.54, 1.807) is 10.8 Å². The summed E-state index contributed by atoms with van der Waals surface area (Å²) >= 11 is 0. The van der Waals surface area contributed by atoms with Crippen molar-refractivity contribution in [1.29, 1.82) is 0 Å². The molecule has 1 amide bonds. The summed E-state index contributed by atoms with van der Waals surface area (Å²) in [5.74, 6) is -0.315. The van der Waals surface area contributed by atoms with Gasteiger partial charge in [-0.25, -0.2) is 17.9 Å². The second-order valence-corrected chi connectivity index (χ2v) is 11.5. The molecule has 4 N–H and O–H groups in total. The molecule has 0 unspecified atom stereocenters. The molecular formula is C24H43NO7S. The molecule has 0 aromatic heterocycles. The molecule has 1 saturated carbocycles. The van der Waals surface area contributed by atoms with Crippen LogP contribution in [0.3, 0.4) is 0 Å². The van der Waals surface area contributed by atoms with Crippen LogP contribution in [0.2, 0.25) is 0 Å². The predicted octanol–water partition coefficient (Wildman–Crippen LogP) is 3.28. The molecule has 0 saturated heterocycles. The Bertz CT molecular complexity index is 748. The van der Waals surface area contributed by atoms with Crippen LogP contribution in [0.5, 0.6) is 0 Å². The van der Waals surface area contributed by atoms with Gasteiger partial charge in [-0.3, -0.25) is 0 Å². The normalized spacial score (nSPS) is 25.1. The summed E-state index contributed by atoms with van der Waals surface area (Å²) in [7, 11) is -3.61. The fraction of sp³-hybridized carbons (Fsp3) is 0.792. The van der Waals surface area contributed by atoms with Crippen LogP contribution in [0.15, 0.2) is 24.3 Å². The third kappa shape index (κ3) is 11.5. The summed E-state index contributed by atoms with van der Waals surface area (Å²) in [6, 6.07) is 0. The van der Waals surface area contributed by atoms with Gasteiger partial charge < -0.3 is 20.1 Å². The van der Waals surface area contributed by atoms with Gasteiger partial charge in [0, 0.05) is 12.3 Å². The van der Waals surface area contributed by atoms with Gasteiger partial charge in [0.05, 0.1) is 31.2 Å². The van der Waals surface area contributed by atoms with Crippen LogP contribution in [-0.2, 0) is 14.8 Å². The predicted molar refractivity (Wildman–Crippen MR) is 129 cm³/mol. The molecule has 0 aromatic carbocycles. The van der Waals surface area contributed by atoms with Crippen molar-refractivity contribution in [1.82, 2.24) is 4.72 Å². The lowest BCUT2D eigenvalue weighted by atomic mass is 9.80. The van der Waals surface area contributed by atoms with E-state index in [4.69, 9.17) is 4.74 Å². The SMILES string of the molecule is CCCCC(C)(C)[C@H](O)C=C[C@@H]1[C@@H](CC=CCCCCOC(=O)NS(C)(=O)=O)[C@@H](O)C[C@H]1O. The topological polar surface area (TPSA) is 133 Å². The summed E-state index contributed by atoms with van der Waals surface area (Å²) in [4.78, 5) is 11.2. The standard InChI is InChI=1S/C24H43NO7S/c1-5-6-15-24(2,3)22(28)14-13-19-18(20(26)17-21(19)27)12-10-8-7-9-11-16-32-23(29)25-33(4,30)31/h8,10,13-14,18-22,26-28H,5-7,9,11-12,15-17H2,1-4H3,(H,25,29)/t18-,19-,20+,21-,22-/m1/s1. The Balaban J connectivity index is 2.44. The molecule has 192 valence electrons. The maximum atomic E-state index is 11.2. The van der Waals surface area contributed by atoms with E-state index in [2.05, 4.69) is 6.92 Å². The lowest BCUT2D eigenvalue weighted by Gasteiger charge is -2.29. The number of carbonyl (C=O) groups is 1. The smallest absolute Gasteiger partial charge is 0.420 e. The molecule has 0 spiro atoms. The minimum Gasteiger partial charge on any atom is -0.449 e. The van der Waals surface area contributed by atoms with Crippen molar-refractivity contribution >= 4 is 16.1 Å². The first kappa shape index (κ1) is 29.6. The summed E-state index contributed by atoms with van der Waals surface area (Å²) in [5, 5.41) is 31.4. The molecule has 9 heteroatoms. The average Bonchev–Trinajstić information content (AvgIpc) is 2.97. The van der Waals surface area contributed by atoms with Crippen LogP contribution in [0, 0.1) is 17.3 Å². The maximum Gasteiger partial charge on any atom is 0.420 e. The van der Waals surface area contributed by atoms with E-state index in [9.17, 15) is 28.5 Å². The van der Waals surface area contributed by atoms with Crippen molar-refractivity contribution in [3.63, 3.8) is 0 Å². The highest BCUT2D eigenvalue weighted by atomic mass is 32.2. The second-order valence-electron chi connectivity index (χ2n) is 9.75. The van der Waals surface area contributed by atoms with Gasteiger partial charge in [-0.15, -0.1) is 0 Å². The van der Waals surface area contributed by atoms with E-state index in [0.717, 1.165) is 38.4 Å². The highest BCUT2D eigenvalue weighted by Crippen LogP contribution is 2.37. The third-order valence-corrected chi connectivity index (χ3v) is 6.79. The second kappa shape index (κ2) is 14.1. The number of allylic oxidation sites excluding steroid dienone is 2. The van der Waals surface area contributed by atoms with E-state index < -0.39 is 34.4 Å². The Hall–Kier alpha value is -1.42. The fourth-order valence-electron chi connectivity index (χ4n) is 4.06. The molecule has 1 rings (SSSR count). The van der Waals surface area contributed by atoms with Crippen LogP contribution in [0.1, 0.15) is 72.1 Å². The van der Waals surface area contributed by atoms with Gasteiger partial charge in [-0.1, -0.05) is 57.9 Å². The Kier molecular flexibility index (Phi) is 12.6. The molecule has 1 fully saturated rings. The molecule has 0 aromatic rings. The number of hydrogen-bond donors (Lipinski definition) is 4. The van der Waals surface area contributed by atoms with Gasteiger partial charge in [0.15, 0.2) is 0 Å².